The summed E-state index contributed by atoms with van der Waals surface area (Å²) in [4.78, 5) is 14.3. The number of hydrogen-bond acceptors (Lipinski definition) is 3. The third-order valence-electron chi connectivity index (χ3n) is 4.41. The first-order valence-corrected chi connectivity index (χ1v) is 9.70. The molecule has 2 aromatic rings. The van der Waals surface area contributed by atoms with E-state index in [-0.39, 0.29) is 5.91 Å². The second kappa shape index (κ2) is 9.33. The van der Waals surface area contributed by atoms with Crippen LogP contribution in [0.1, 0.15) is 43.9 Å². The molecule has 1 aromatic heterocycles. The molecule has 0 aliphatic carbocycles. The standard InChI is InChI=1S/C22H24N2O2S/c1-2-3-5-11-18(14-17-9-6-4-7-10-17)15-20-21(25)24(22(27)23-20)16-19-12-8-13-26-19/h4,6-10,12-15H,2-3,5,11,16H2,1H3,(H,23,27)/b18-14-,20-15+. The first-order valence-electron chi connectivity index (χ1n) is 9.30. The predicted octanol–water partition coefficient (Wildman–Crippen LogP) is 5.04. The van der Waals surface area contributed by atoms with Crippen LogP contribution >= 0.6 is 12.2 Å². The second-order valence-electron chi connectivity index (χ2n) is 6.55. The van der Waals surface area contributed by atoms with Gasteiger partial charge in [0.25, 0.3) is 5.91 Å². The van der Waals surface area contributed by atoms with Gasteiger partial charge in [0.05, 0.1) is 12.8 Å². The Morgan fingerprint density at radius 3 is 2.70 bits per heavy atom. The Labute approximate surface area is 165 Å². The summed E-state index contributed by atoms with van der Waals surface area (Å²) in [7, 11) is 0. The molecule has 1 amide bonds. The molecule has 3 rings (SSSR count). The zero-order chi connectivity index (χ0) is 19.1. The molecule has 140 valence electrons. The van der Waals surface area contributed by atoms with E-state index in [4.69, 9.17) is 16.6 Å². The van der Waals surface area contributed by atoms with E-state index in [1.807, 2.05) is 30.3 Å². The first kappa shape index (κ1) is 19.1. The summed E-state index contributed by atoms with van der Waals surface area (Å²) in [5, 5.41) is 3.47. The highest BCUT2D eigenvalue weighted by molar-refractivity contribution is 7.80. The summed E-state index contributed by atoms with van der Waals surface area (Å²) in [6.07, 6.45) is 10.00. The van der Waals surface area contributed by atoms with E-state index >= 15 is 0 Å². The summed E-state index contributed by atoms with van der Waals surface area (Å²) in [5.74, 6) is 0.586. The highest BCUT2D eigenvalue weighted by Gasteiger charge is 2.31. The summed E-state index contributed by atoms with van der Waals surface area (Å²) in [6.45, 7) is 2.52. The van der Waals surface area contributed by atoms with Crippen LogP contribution in [0, 0.1) is 0 Å². The number of unbranched alkanes of at least 4 members (excludes halogenated alkanes) is 2. The molecule has 1 aliphatic heterocycles. The van der Waals surface area contributed by atoms with E-state index in [0.29, 0.717) is 23.1 Å². The molecule has 1 aromatic carbocycles. The van der Waals surface area contributed by atoms with E-state index in [2.05, 4.69) is 30.4 Å². The van der Waals surface area contributed by atoms with Gasteiger partial charge in [0.2, 0.25) is 0 Å². The number of benzene rings is 1. The maximum atomic E-state index is 12.8. The minimum absolute atomic E-state index is 0.120. The van der Waals surface area contributed by atoms with Crippen LogP contribution < -0.4 is 5.32 Å². The van der Waals surface area contributed by atoms with Crippen LogP contribution in [0.4, 0.5) is 0 Å². The van der Waals surface area contributed by atoms with Crippen LogP contribution in [0.2, 0.25) is 0 Å². The van der Waals surface area contributed by atoms with Crippen molar-refractivity contribution in [1.82, 2.24) is 10.2 Å². The number of nitrogens with one attached hydrogen (secondary N) is 1. The Bertz CT molecular complexity index is 838. The van der Waals surface area contributed by atoms with E-state index in [9.17, 15) is 4.79 Å². The van der Waals surface area contributed by atoms with Crippen LogP contribution in [0.3, 0.4) is 0 Å². The number of allylic oxidation sites excluding steroid dienone is 2. The number of hydrogen-bond donors (Lipinski definition) is 1. The molecular weight excluding hydrogens is 356 g/mol. The van der Waals surface area contributed by atoms with Crippen molar-refractivity contribution in [2.45, 2.75) is 39.2 Å². The third kappa shape index (κ3) is 5.17. The molecule has 4 nitrogen and oxygen atoms in total. The largest absolute Gasteiger partial charge is 0.467 e. The number of furan rings is 1. The molecule has 1 N–H and O–H groups in total. The molecule has 1 fully saturated rings. The summed E-state index contributed by atoms with van der Waals surface area (Å²) in [6, 6.07) is 13.8. The van der Waals surface area contributed by atoms with Crippen molar-refractivity contribution in [3.05, 3.63) is 77.4 Å². The molecule has 0 atom stereocenters. The number of amides is 1. The van der Waals surface area contributed by atoms with Crippen molar-refractivity contribution in [1.29, 1.82) is 0 Å². The van der Waals surface area contributed by atoms with Gasteiger partial charge < -0.3 is 9.73 Å². The fraction of sp³-hybridized carbons (Fsp3) is 0.273. The average molecular weight is 381 g/mol. The Morgan fingerprint density at radius 1 is 1.19 bits per heavy atom. The number of rotatable bonds is 8. The van der Waals surface area contributed by atoms with Gasteiger partial charge in [-0.2, -0.15) is 0 Å². The number of carbonyl (C=O) groups excluding carboxylic acids is 1. The maximum Gasteiger partial charge on any atom is 0.276 e. The van der Waals surface area contributed by atoms with E-state index in [1.165, 1.54) is 11.3 Å². The maximum absolute atomic E-state index is 12.8. The van der Waals surface area contributed by atoms with Crippen molar-refractivity contribution in [3.63, 3.8) is 0 Å². The van der Waals surface area contributed by atoms with Crippen LogP contribution in [0.5, 0.6) is 0 Å². The zero-order valence-electron chi connectivity index (χ0n) is 15.5. The fourth-order valence-corrected chi connectivity index (χ4v) is 3.24. The van der Waals surface area contributed by atoms with Crippen molar-refractivity contribution in [3.8, 4) is 0 Å². The van der Waals surface area contributed by atoms with Crippen molar-refractivity contribution in [2.24, 2.45) is 0 Å². The quantitative estimate of drug-likeness (QED) is 0.396. The van der Waals surface area contributed by atoms with Gasteiger partial charge in [0.15, 0.2) is 5.11 Å². The molecule has 0 unspecified atom stereocenters. The van der Waals surface area contributed by atoms with Gasteiger partial charge in [-0.15, -0.1) is 0 Å². The summed E-state index contributed by atoms with van der Waals surface area (Å²) in [5.41, 5.74) is 2.76. The normalized spacial score (nSPS) is 16.3. The smallest absolute Gasteiger partial charge is 0.276 e. The average Bonchev–Trinajstić information content (AvgIpc) is 3.27. The fourth-order valence-electron chi connectivity index (χ4n) is 2.99. The van der Waals surface area contributed by atoms with Crippen LogP contribution in [0.15, 0.2) is 70.5 Å². The molecule has 27 heavy (non-hydrogen) atoms. The molecule has 2 heterocycles. The lowest BCUT2D eigenvalue weighted by atomic mass is 10.0. The number of carbonyl (C=O) groups is 1. The van der Waals surface area contributed by atoms with E-state index < -0.39 is 0 Å². The molecule has 0 saturated carbocycles. The van der Waals surface area contributed by atoms with Crippen molar-refractivity contribution >= 4 is 29.3 Å². The van der Waals surface area contributed by atoms with Crippen molar-refractivity contribution in [2.75, 3.05) is 0 Å². The molecule has 1 saturated heterocycles. The first-order chi connectivity index (χ1) is 13.2. The lowest BCUT2D eigenvalue weighted by Gasteiger charge is -2.11. The minimum Gasteiger partial charge on any atom is -0.467 e. The van der Waals surface area contributed by atoms with Gasteiger partial charge >= 0.3 is 0 Å². The molecule has 1 aliphatic rings. The number of nitrogens with zero attached hydrogens (tertiary/aromatic N) is 1. The number of thiocarbonyl (C=S) groups is 1. The van der Waals surface area contributed by atoms with Gasteiger partial charge in [0, 0.05) is 0 Å². The highest BCUT2D eigenvalue weighted by atomic mass is 32.1. The molecule has 0 radical (unpaired) electrons. The Kier molecular flexibility index (Phi) is 6.60. The summed E-state index contributed by atoms with van der Waals surface area (Å²) >= 11 is 5.35. The lowest BCUT2D eigenvalue weighted by molar-refractivity contribution is -0.123. The predicted molar refractivity (Wildman–Crippen MR) is 112 cm³/mol. The van der Waals surface area contributed by atoms with Crippen molar-refractivity contribution < 1.29 is 9.21 Å². The third-order valence-corrected chi connectivity index (χ3v) is 4.73. The Hall–Kier alpha value is -2.66. The van der Waals surface area contributed by atoms with Crippen LogP contribution in [0.25, 0.3) is 6.08 Å². The van der Waals surface area contributed by atoms with Gasteiger partial charge in [0.1, 0.15) is 11.5 Å². The molecule has 5 heteroatoms. The van der Waals surface area contributed by atoms with Gasteiger partial charge in [-0.25, -0.2) is 0 Å². The Balaban J connectivity index is 1.80. The second-order valence-corrected chi connectivity index (χ2v) is 6.93. The van der Waals surface area contributed by atoms with E-state index in [0.717, 1.165) is 30.4 Å². The highest BCUT2D eigenvalue weighted by Crippen LogP contribution is 2.20. The van der Waals surface area contributed by atoms with Crippen LogP contribution in [-0.4, -0.2) is 15.9 Å². The molecule has 0 bridgehead atoms. The molecular formula is C22H24N2O2S. The summed E-state index contributed by atoms with van der Waals surface area (Å²) < 4.78 is 5.34. The van der Waals surface area contributed by atoms with Gasteiger partial charge in [-0.3, -0.25) is 9.69 Å². The monoisotopic (exact) mass is 380 g/mol. The van der Waals surface area contributed by atoms with E-state index in [1.54, 1.807) is 12.3 Å². The minimum atomic E-state index is -0.120. The van der Waals surface area contributed by atoms with Crippen LogP contribution in [-0.2, 0) is 11.3 Å². The van der Waals surface area contributed by atoms with Gasteiger partial charge in [-0.1, -0.05) is 56.2 Å². The van der Waals surface area contributed by atoms with Gasteiger partial charge in [-0.05, 0) is 54.4 Å². The topological polar surface area (TPSA) is 45.5 Å². The Morgan fingerprint density at radius 2 is 2.00 bits per heavy atom. The SMILES string of the molecule is CCCCCC(=C/c1ccccc1)/C=C1/NC(=S)N(Cc2ccco2)C1=O. The zero-order valence-corrected chi connectivity index (χ0v) is 16.3. The molecule has 0 spiro atoms. The lowest BCUT2D eigenvalue weighted by Crippen LogP contribution is -2.29.